The fourth-order valence-electron chi connectivity index (χ4n) is 1.38. The molecular formula is C9H18ClNO. The summed E-state index contributed by atoms with van der Waals surface area (Å²) in [5.74, 6) is 0.726. The highest BCUT2D eigenvalue weighted by atomic mass is 35.5. The second-order valence-electron chi connectivity index (χ2n) is 3.04. The number of halogens is 1. The van der Waals surface area contributed by atoms with Gasteiger partial charge in [0.2, 0.25) is 0 Å². The van der Waals surface area contributed by atoms with E-state index in [1.165, 1.54) is 19.4 Å². The van der Waals surface area contributed by atoms with Crippen LogP contribution in [0.15, 0.2) is 12.7 Å². The minimum atomic E-state index is 0. The third kappa shape index (κ3) is 4.75. The number of rotatable bonds is 4. The molecule has 72 valence electrons. The lowest BCUT2D eigenvalue weighted by atomic mass is 10.0. The van der Waals surface area contributed by atoms with Crippen LogP contribution in [0.5, 0.6) is 0 Å². The van der Waals surface area contributed by atoms with Crippen molar-refractivity contribution >= 4 is 12.4 Å². The first-order valence-corrected chi connectivity index (χ1v) is 4.33. The van der Waals surface area contributed by atoms with Crippen molar-refractivity contribution in [2.75, 3.05) is 26.3 Å². The summed E-state index contributed by atoms with van der Waals surface area (Å²) in [6.45, 7) is 7.48. The number of nitrogens with one attached hydrogen (secondary N) is 1. The van der Waals surface area contributed by atoms with Crippen LogP contribution >= 0.6 is 12.4 Å². The van der Waals surface area contributed by atoms with Crippen molar-refractivity contribution in [3.8, 4) is 0 Å². The molecule has 0 bridgehead atoms. The van der Waals surface area contributed by atoms with E-state index in [1.54, 1.807) is 6.08 Å². The molecule has 0 aromatic carbocycles. The van der Waals surface area contributed by atoms with Gasteiger partial charge in [0.25, 0.3) is 0 Å². The summed E-state index contributed by atoms with van der Waals surface area (Å²) in [5.41, 5.74) is 0. The van der Waals surface area contributed by atoms with E-state index >= 15 is 0 Å². The molecule has 0 radical (unpaired) electrons. The maximum absolute atomic E-state index is 5.36. The van der Waals surface area contributed by atoms with Gasteiger partial charge in [-0.1, -0.05) is 6.08 Å². The van der Waals surface area contributed by atoms with E-state index in [-0.39, 0.29) is 12.4 Å². The summed E-state index contributed by atoms with van der Waals surface area (Å²) in [5, 5.41) is 3.36. The monoisotopic (exact) mass is 191 g/mol. The van der Waals surface area contributed by atoms with Crippen LogP contribution in [0.1, 0.15) is 12.8 Å². The fourth-order valence-corrected chi connectivity index (χ4v) is 1.38. The molecular weight excluding hydrogens is 174 g/mol. The zero-order valence-corrected chi connectivity index (χ0v) is 8.24. The molecule has 1 aliphatic rings. The summed E-state index contributed by atoms with van der Waals surface area (Å²) >= 11 is 0. The molecule has 2 nitrogen and oxygen atoms in total. The average molecular weight is 192 g/mol. The summed E-state index contributed by atoms with van der Waals surface area (Å²) < 4.78 is 5.36. The highest BCUT2D eigenvalue weighted by molar-refractivity contribution is 5.85. The van der Waals surface area contributed by atoms with Crippen LogP contribution in [0.4, 0.5) is 0 Å². The van der Waals surface area contributed by atoms with Crippen LogP contribution < -0.4 is 5.32 Å². The van der Waals surface area contributed by atoms with Crippen molar-refractivity contribution in [3.63, 3.8) is 0 Å². The van der Waals surface area contributed by atoms with E-state index in [1.807, 2.05) is 0 Å². The number of hydrogen-bond donors (Lipinski definition) is 1. The lowest BCUT2D eigenvalue weighted by Gasteiger charge is -2.21. The maximum atomic E-state index is 5.36. The molecule has 0 aromatic heterocycles. The normalized spacial score (nSPS) is 22.8. The molecule has 0 aliphatic carbocycles. The Labute approximate surface area is 80.8 Å². The summed E-state index contributed by atoms with van der Waals surface area (Å²) in [4.78, 5) is 0. The predicted molar refractivity (Wildman–Crippen MR) is 53.9 cm³/mol. The third-order valence-corrected chi connectivity index (χ3v) is 1.99. The lowest BCUT2D eigenvalue weighted by molar-refractivity contribution is 0.111. The first-order valence-electron chi connectivity index (χ1n) is 4.33. The van der Waals surface area contributed by atoms with E-state index in [9.17, 15) is 0 Å². The quantitative estimate of drug-likeness (QED) is 0.539. The Hall–Kier alpha value is -0.0500. The van der Waals surface area contributed by atoms with Crippen LogP contribution in [-0.4, -0.2) is 26.3 Å². The smallest absolute Gasteiger partial charge is 0.0644 e. The van der Waals surface area contributed by atoms with E-state index in [0.717, 1.165) is 19.1 Å². The van der Waals surface area contributed by atoms with Crippen molar-refractivity contribution in [2.45, 2.75) is 12.8 Å². The van der Waals surface area contributed by atoms with Gasteiger partial charge < -0.3 is 10.1 Å². The second kappa shape index (κ2) is 7.59. The predicted octanol–water partition coefficient (Wildman–Crippen LogP) is 1.61. The van der Waals surface area contributed by atoms with Crippen molar-refractivity contribution in [2.24, 2.45) is 5.92 Å². The van der Waals surface area contributed by atoms with Gasteiger partial charge in [-0.3, -0.25) is 0 Å². The zero-order valence-electron chi connectivity index (χ0n) is 7.42. The minimum absolute atomic E-state index is 0. The standard InChI is InChI=1S/C9H17NO.ClH/c1-2-6-11-8-9-4-3-5-10-7-9;/h2,9-10H,1,3-8H2;1H. The molecule has 3 heteroatoms. The third-order valence-electron chi connectivity index (χ3n) is 1.99. The van der Waals surface area contributed by atoms with E-state index in [0.29, 0.717) is 6.61 Å². The highest BCUT2D eigenvalue weighted by Crippen LogP contribution is 2.09. The van der Waals surface area contributed by atoms with Gasteiger partial charge in [-0.25, -0.2) is 0 Å². The van der Waals surface area contributed by atoms with Crippen LogP contribution in [0.25, 0.3) is 0 Å². The molecule has 0 aromatic rings. The fraction of sp³-hybridized carbons (Fsp3) is 0.778. The number of hydrogen-bond acceptors (Lipinski definition) is 2. The zero-order chi connectivity index (χ0) is 7.94. The molecule has 1 unspecified atom stereocenters. The Morgan fingerprint density at radius 2 is 2.42 bits per heavy atom. The SMILES string of the molecule is C=CCOCC1CCCNC1.Cl. The Morgan fingerprint density at radius 3 is 3.00 bits per heavy atom. The van der Waals surface area contributed by atoms with Gasteiger partial charge in [0, 0.05) is 6.54 Å². The van der Waals surface area contributed by atoms with Crippen molar-refractivity contribution in [3.05, 3.63) is 12.7 Å². The van der Waals surface area contributed by atoms with Crippen LogP contribution in [0.3, 0.4) is 0 Å². The molecule has 1 heterocycles. The van der Waals surface area contributed by atoms with Gasteiger partial charge in [-0.15, -0.1) is 19.0 Å². The number of ether oxygens (including phenoxy) is 1. The highest BCUT2D eigenvalue weighted by Gasteiger charge is 2.11. The Morgan fingerprint density at radius 1 is 1.58 bits per heavy atom. The molecule has 0 spiro atoms. The van der Waals surface area contributed by atoms with E-state index < -0.39 is 0 Å². The number of piperidine rings is 1. The maximum Gasteiger partial charge on any atom is 0.0644 e. The van der Waals surface area contributed by atoms with Gasteiger partial charge in [-0.2, -0.15) is 0 Å². The summed E-state index contributed by atoms with van der Waals surface area (Å²) in [6.07, 6.45) is 4.41. The van der Waals surface area contributed by atoms with E-state index in [2.05, 4.69) is 11.9 Å². The molecule has 1 aliphatic heterocycles. The topological polar surface area (TPSA) is 21.3 Å². The first kappa shape index (κ1) is 11.9. The minimum Gasteiger partial charge on any atom is -0.377 e. The summed E-state index contributed by atoms with van der Waals surface area (Å²) in [7, 11) is 0. The van der Waals surface area contributed by atoms with Gasteiger partial charge >= 0.3 is 0 Å². The second-order valence-corrected chi connectivity index (χ2v) is 3.04. The van der Waals surface area contributed by atoms with Crippen molar-refractivity contribution < 1.29 is 4.74 Å². The van der Waals surface area contributed by atoms with Crippen molar-refractivity contribution in [1.29, 1.82) is 0 Å². The lowest BCUT2D eigenvalue weighted by Crippen LogP contribution is -2.32. The molecule has 1 fully saturated rings. The molecule has 0 amide bonds. The summed E-state index contributed by atoms with van der Waals surface area (Å²) in [6, 6.07) is 0. The Kier molecular flexibility index (Phi) is 7.56. The molecule has 1 N–H and O–H groups in total. The van der Waals surface area contributed by atoms with Gasteiger partial charge in [0.05, 0.1) is 13.2 Å². The Bertz CT molecular complexity index is 113. The first-order chi connectivity index (χ1) is 5.43. The van der Waals surface area contributed by atoms with Gasteiger partial charge in [0.15, 0.2) is 0 Å². The Balaban J connectivity index is 0.00000121. The van der Waals surface area contributed by atoms with Crippen LogP contribution in [0.2, 0.25) is 0 Å². The molecule has 1 saturated heterocycles. The molecule has 1 atom stereocenters. The van der Waals surface area contributed by atoms with Crippen molar-refractivity contribution in [1.82, 2.24) is 5.32 Å². The van der Waals surface area contributed by atoms with E-state index in [4.69, 9.17) is 4.74 Å². The van der Waals surface area contributed by atoms with Gasteiger partial charge in [-0.05, 0) is 25.3 Å². The average Bonchev–Trinajstić information content (AvgIpc) is 2.07. The van der Waals surface area contributed by atoms with Crippen LogP contribution in [0, 0.1) is 5.92 Å². The molecule has 12 heavy (non-hydrogen) atoms. The van der Waals surface area contributed by atoms with Crippen LogP contribution in [-0.2, 0) is 4.74 Å². The molecule has 0 saturated carbocycles. The molecule has 1 rings (SSSR count). The largest absolute Gasteiger partial charge is 0.377 e. The van der Waals surface area contributed by atoms with Gasteiger partial charge in [0.1, 0.15) is 0 Å².